The Balaban J connectivity index is 2.27. The van der Waals surface area contributed by atoms with Crippen LogP contribution in [0.5, 0.6) is 0 Å². The summed E-state index contributed by atoms with van der Waals surface area (Å²) in [6, 6.07) is 9.58. The molecule has 88 valence electrons. The number of halogens is 1. The second kappa shape index (κ2) is 4.68. The second-order valence-electron chi connectivity index (χ2n) is 3.39. The molecule has 17 heavy (non-hydrogen) atoms. The molecular weight excluding hydrogens is 290 g/mol. The highest BCUT2D eigenvalue weighted by molar-refractivity contribution is 9.10. The Morgan fingerprint density at radius 2 is 1.88 bits per heavy atom. The van der Waals surface area contributed by atoms with E-state index in [-0.39, 0.29) is 11.6 Å². The molecule has 0 spiro atoms. The minimum atomic E-state index is -1.00. The molecule has 1 aromatic heterocycles. The molecule has 0 aliphatic carbocycles. The summed E-state index contributed by atoms with van der Waals surface area (Å²) < 4.78 is 5.82. The molecule has 0 amide bonds. The van der Waals surface area contributed by atoms with E-state index < -0.39 is 11.0 Å². The molecule has 1 atom stereocenters. The van der Waals surface area contributed by atoms with Gasteiger partial charge in [-0.05, 0) is 23.8 Å². The normalized spacial score (nSPS) is 12.4. The maximum atomic E-state index is 10.4. The van der Waals surface area contributed by atoms with Crippen LogP contribution in [-0.4, -0.2) is 10.0 Å². The van der Waals surface area contributed by atoms with Crippen LogP contribution in [0.1, 0.15) is 17.4 Å². The zero-order valence-corrected chi connectivity index (χ0v) is 10.1. The number of hydrogen-bond donors (Lipinski definition) is 1. The fourth-order valence-corrected chi connectivity index (χ4v) is 1.66. The number of aliphatic hydroxyl groups excluding tert-OH is 1. The van der Waals surface area contributed by atoms with Crippen LogP contribution in [-0.2, 0) is 0 Å². The molecule has 6 heteroatoms. The number of furan rings is 1. The van der Waals surface area contributed by atoms with Crippen molar-refractivity contribution < 1.29 is 14.4 Å². The zero-order valence-electron chi connectivity index (χ0n) is 8.54. The zero-order chi connectivity index (χ0) is 12.4. The van der Waals surface area contributed by atoms with Crippen molar-refractivity contribution in [3.05, 3.63) is 62.3 Å². The lowest BCUT2D eigenvalue weighted by molar-refractivity contribution is -0.402. The first-order valence-corrected chi connectivity index (χ1v) is 5.55. The largest absolute Gasteiger partial charge is 0.433 e. The number of rotatable bonds is 3. The predicted octanol–water partition coefficient (Wildman–Crippen LogP) is 3.03. The Morgan fingerprint density at radius 3 is 2.41 bits per heavy atom. The predicted molar refractivity (Wildman–Crippen MR) is 63.6 cm³/mol. The number of benzene rings is 1. The van der Waals surface area contributed by atoms with Gasteiger partial charge in [-0.1, -0.05) is 28.1 Å². The Bertz CT molecular complexity index is 535. The van der Waals surface area contributed by atoms with E-state index >= 15 is 0 Å². The average Bonchev–Trinajstić information content (AvgIpc) is 2.78. The van der Waals surface area contributed by atoms with E-state index in [1.54, 1.807) is 24.3 Å². The van der Waals surface area contributed by atoms with Gasteiger partial charge in [0.15, 0.2) is 0 Å². The van der Waals surface area contributed by atoms with Crippen molar-refractivity contribution in [2.45, 2.75) is 6.10 Å². The molecule has 1 N–H and O–H groups in total. The van der Waals surface area contributed by atoms with Crippen molar-refractivity contribution in [2.75, 3.05) is 0 Å². The SMILES string of the molecule is O=[N+]([O-])c1ccc(C(O)c2ccc(Br)cc2)o1. The smallest absolute Gasteiger partial charge is 0.403 e. The van der Waals surface area contributed by atoms with Crippen molar-refractivity contribution in [1.29, 1.82) is 0 Å². The summed E-state index contributed by atoms with van der Waals surface area (Å²) in [6.45, 7) is 0. The third-order valence-corrected chi connectivity index (χ3v) is 2.78. The van der Waals surface area contributed by atoms with Crippen LogP contribution in [0.15, 0.2) is 45.3 Å². The molecule has 1 aromatic carbocycles. The van der Waals surface area contributed by atoms with E-state index in [4.69, 9.17) is 4.42 Å². The minimum absolute atomic E-state index is 0.152. The van der Waals surface area contributed by atoms with Gasteiger partial charge in [-0.15, -0.1) is 0 Å². The van der Waals surface area contributed by atoms with Crippen molar-refractivity contribution in [2.24, 2.45) is 0 Å². The Kier molecular flexibility index (Phi) is 3.26. The van der Waals surface area contributed by atoms with Crippen LogP contribution in [0.3, 0.4) is 0 Å². The Morgan fingerprint density at radius 1 is 1.24 bits per heavy atom. The van der Waals surface area contributed by atoms with Crippen molar-refractivity contribution in [1.82, 2.24) is 0 Å². The molecule has 0 aliphatic heterocycles. The third-order valence-electron chi connectivity index (χ3n) is 2.25. The fraction of sp³-hybridized carbons (Fsp3) is 0.0909. The van der Waals surface area contributed by atoms with E-state index in [1.807, 2.05) is 0 Å². The van der Waals surface area contributed by atoms with Crippen LogP contribution >= 0.6 is 15.9 Å². The van der Waals surface area contributed by atoms with E-state index in [2.05, 4.69) is 15.9 Å². The second-order valence-corrected chi connectivity index (χ2v) is 4.30. The first-order chi connectivity index (χ1) is 8.08. The van der Waals surface area contributed by atoms with Crippen LogP contribution < -0.4 is 0 Å². The first kappa shape index (κ1) is 11.8. The average molecular weight is 298 g/mol. The summed E-state index contributed by atoms with van der Waals surface area (Å²) in [6.07, 6.45) is -1.00. The fourth-order valence-electron chi connectivity index (χ4n) is 1.40. The van der Waals surface area contributed by atoms with E-state index in [1.165, 1.54) is 12.1 Å². The molecule has 0 saturated heterocycles. The molecule has 0 bridgehead atoms. The topological polar surface area (TPSA) is 76.5 Å². The van der Waals surface area contributed by atoms with Gasteiger partial charge < -0.3 is 9.52 Å². The Hall–Kier alpha value is -1.66. The van der Waals surface area contributed by atoms with Crippen LogP contribution in [0.4, 0.5) is 5.88 Å². The maximum absolute atomic E-state index is 10.4. The number of nitro groups is 1. The van der Waals surface area contributed by atoms with Gasteiger partial charge in [0.2, 0.25) is 0 Å². The number of aliphatic hydroxyl groups is 1. The monoisotopic (exact) mass is 297 g/mol. The molecule has 1 heterocycles. The lowest BCUT2D eigenvalue weighted by atomic mass is 10.1. The Labute approximate surface area is 105 Å². The van der Waals surface area contributed by atoms with Crippen LogP contribution in [0.25, 0.3) is 0 Å². The molecule has 5 nitrogen and oxygen atoms in total. The van der Waals surface area contributed by atoms with Crippen molar-refractivity contribution in [3.8, 4) is 0 Å². The van der Waals surface area contributed by atoms with Gasteiger partial charge in [-0.2, -0.15) is 0 Å². The minimum Gasteiger partial charge on any atom is -0.403 e. The van der Waals surface area contributed by atoms with E-state index in [9.17, 15) is 15.2 Å². The summed E-state index contributed by atoms with van der Waals surface area (Å²) >= 11 is 3.28. The summed E-state index contributed by atoms with van der Waals surface area (Å²) in [7, 11) is 0. The molecule has 1 unspecified atom stereocenters. The molecule has 2 aromatic rings. The summed E-state index contributed by atoms with van der Waals surface area (Å²) in [5.74, 6) is -0.227. The molecule has 0 aliphatic rings. The first-order valence-electron chi connectivity index (χ1n) is 4.75. The van der Waals surface area contributed by atoms with Gasteiger partial charge in [0.25, 0.3) is 0 Å². The third kappa shape index (κ3) is 2.54. The quantitative estimate of drug-likeness (QED) is 0.698. The molecule has 0 saturated carbocycles. The van der Waals surface area contributed by atoms with Gasteiger partial charge >= 0.3 is 5.88 Å². The highest BCUT2D eigenvalue weighted by Gasteiger charge is 2.19. The number of hydrogen-bond acceptors (Lipinski definition) is 4. The van der Waals surface area contributed by atoms with Crippen LogP contribution in [0, 0.1) is 10.1 Å². The summed E-state index contributed by atoms with van der Waals surface area (Å²) in [5.41, 5.74) is 0.609. The van der Waals surface area contributed by atoms with E-state index in [0.717, 1.165) is 4.47 Å². The maximum Gasteiger partial charge on any atom is 0.433 e. The van der Waals surface area contributed by atoms with Crippen molar-refractivity contribution >= 4 is 21.8 Å². The van der Waals surface area contributed by atoms with Crippen LogP contribution in [0.2, 0.25) is 0 Å². The van der Waals surface area contributed by atoms with Gasteiger partial charge in [0.05, 0.1) is 6.07 Å². The van der Waals surface area contributed by atoms with Gasteiger partial charge in [0, 0.05) is 4.47 Å². The van der Waals surface area contributed by atoms with Gasteiger partial charge in [-0.3, -0.25) is 10.1 Å². The highest BCUT2D eigenvalue weighted by Crippen LogP contribution is 2.27. The van der Waals surface area contributed by atoms with Gasteiger partial charge in [0.1, 0.15) is 16.8 Å². The summed E-state index contributed by atoms with van der Waals surface area (Å²) in [4.78, 5) is 9.80. The molecular formula is C11H8BrNO4. The molecule has 0 fully saturated rings. The highest BCUT2D eigenvalue weighted by atomic mass is 79.9. The van der Waals surface area contributed by atoms with E-state index in [0.29, 0.717) is 5.56 Å². The summed E-state index contributed by atoms with van der Waals surface area (Å²) in [5, 5.41) is 20.4. The van der Waals surface area contributed by atoms with Gasteiger partial charge in [-0.25, -0.2) is 0 Å². The number of nitrogens with zero attached hydrogens (tertiary/aromatic N) is 1. The molecule has 0 radical (unpaired) electrons. The molecule has 2 rings (SSSR count). The standard InChI is InChI=1S/C11H8BrNO4/c12-8-3-1-7(2-4-8)11(14)9-5-6-10(17-9)13(15)16/h1-6,11,14H. The lowest BCUT2D eigenvalue weighted by Gasteiger charge is -2.07. The lowest BCUT2D eigenvalue weighted by Crippen LogP contribution is -1.97. The van der Waals surface area contributed by atoms with Crippen molar-refractivity contribution in [3.63, 3.8) is 0 Å².